The molecule has 0 unspecified atom stereocenters. The number of halogens is 2. The van der Waals surface area contributed by atoms with E-state index in [4.69, 9.17) is 37.8 Å². The minimum Gasteiger partial charge on any atom is -0.464 e. The zero-order valence-corrected chi connectivity index (χ0v) is 37.4. The van der Waals surface area contributed by atoms with E-state index in [0.717, 1.165) is 37.1 Å². The molecule has 0 amide bonds. The van der Waals surface area contributed by atoms with E-state index >= 15 is 0 Å². The maximum atomic E-state index is 12.8. The highest BCUT2D eigenvalue weighted by Crippen LogP contribution is 2.32. The number of aliphatic hydroxyl groups excluding tert-OH is 1. The molecule has 0 saturated carbocycles. The van der Waals surface area contributed by atoms with Gasteiger partial charge in [-0.25, -0.2) is 0 Å². The van der Waals surface area contributed by atoms with Crippen molar-refractivity contribution in [2.75, 3.05) is 75.4 Å². The average molecular weight is 923 g/mol. The highest BCUT2D eigenvalue weighted by Gasteiger charge is 2.15. The van der Waals surface area contributed by atoms with Gasteiger partial charge in [0.1, 0.15) is 24.6 Å². The fraction of sp³-hybridized carbons (Fsp3) is 0.409. The molecule has 0 atom stereocenters. The predicted octanol–water partition coefficient (Wildman–Crippen LogP) is 10.7. The molecule has 0 aliphatic heterocycles. The number of unbranched alkanes of at least 4 members (excludes halogenated alkanes) is 3. The van der Waals surface area contributed by atoms with E-state index in [-0.39, 0.29) is 66.0 Å². The van der Waals surface area contributed by atoms with Crippen molar-refractivity contribution in [3.8, 4) is 0 Å². The van der Waals surface area contributed by atoms with Crippen LogP contribution in [0.1, 0.15) is 52.4 Å². The van der Waals surface area contributed by atoms with Gasteiger partial charge in [0.05, 0.1) is 57.2 Å². The molecule has 0 aliphatic rings. The molecule has 18 nitrogen and oxygen atoms in total. The van der Waals surface area contributed by atoms with Crippen LogP contribution in [-0.4, -0.2) is 97.4 Å². The number of nitro benzene ring substituents is 2. The van der Waals surface area contributed by atoms with Crippen LogP contribution in [0.15, 0.2) is 105 Å². The molecule has 1 N–H and O–H groups in total. The fourth-order valence-electron chi connectivity index (χ4n) is 6.32. The van der Waals surface area contributed by atoms with Gasteiger partial charge in [0.2, 0.25) is 0 Å². The first-order chi connectivity index (χ1) is 30.9. The number of carbonyl (C=O) groups is 2. The molecule has 0 fully saturated rings. The first-order valence-corrected chi connectivity index (χ1v) is 21.7. The predicted molar refractivity (Wildman–Crippen MR) is 246 cm³/mol. The van der Waals surface area contributed by atoms with Crippen LogP contribution in [0.25, 0.3) is 0 Å². The minimum absolute atomic E-state index is 0.121. The van der Waals surface area contributed by atoms with E-state index in [0.29, 0.717) is 68.6 Å². The third-order valence-electron chi connectivity index (χ3n) is 9.92. The van der Waals surface area contributed by atoms with Gasteiger partial charge in [-0.1, -0.05) is 36.0 Å². The number of azo groups is 2. The lowest BCUT2D eigenvalue weighted by Gasteiger charge is -2.24. The van der Waals surface area contributed by atoms with Crippen molar-refractivity contribution in [2.45, 2.75) is 52.4 Å². The summed E-state index contributed by atoms with van der Waals surface area (Å²) in [4.78, 5) is 52.7. The molecular formula is C44H53Cl2N9O9. The molecular weight excluding hydrogens is 869 g/mol. The van der Waals surface area contributed by atoms with E-state index in [1.165, 1.54) is 36.4 Å². The average Bonchev–Trinajstić information content (AvgIpc) is 3.29. The molecule has 4 rings (SSSR count). The third kappa shape index (κ3) is 17.2. The summed E-state index contributed by atoms with van der Waals surface area (Å²) in [5, 5.41) is 47.9. The van der Waals surface area contributed by atoms with E-state index in [9.17, 15) is 29.8 Å². The second-order valence-electron chi connectivity index (χ2n) is 14.3. The number of aliphatic hydroxyl groups is 1. The standard InChI is InChI=1S/C44H53Cl2N9O9/c1-3-52(35-13-9-33(10-14-35)47-49-41-19-17-37(54(59)60)31-39(41)45)26-29-63-43(57)21-24-51(23-7-5-6-8-28-56)25-22-44(58)64-30-27-53(4-2)36-15-11-34(12-16-36)48-50-42-20-18-38(55(61)62)32-40(42)46/h9-20,31-32,56H,3-8,21-30H2,1-2H3/b49-47+,50-48+. The van der Waals surface area contributed by atoms with E-state index < -0.39 is 9.85 Å². The second-order valence-corrected chi connectivity index (χ2v) is 15.1. The molecule has 0 aliphatic carbocycles. The van der Waals surface area contributed by atoms with Gasteiger partial charge in [-0.05, 0) is 93.9 Å². The number of benzene rings is 4. The highest BCUT2D eigenvalue weighted by atomic mass is 35.5. The van der Waals surface area contributed by atoms with Gasteiger partial charge < -0.3 is 29.3 Å². The fourth-order valence-corrected chi connectivity index (χ4v) is 6.75. The number of carbonyl (C=O) groups excluding carboxylic acids is 2. The first kappa shape index (κ1) is 50.6. The SMILES string of the molecule is CCN(CCOC(=O)CCN(CCCCCCO)CCC(=O)OCCN(CC)c1ccc(/N=N/c2ccc([N+](=O)[O-])cc2Cl)cc1)c1ccc(/N=N/c2ccc([N+](=O)[O-])cc2Cl)cc1. The number of hydrogen-bond donors (Lipinski definition) is 1. The van der Waals surface area contributed by atoms with Gasteiger partial charge in [-0.3, -0.25) is 29.8 Å². The largest absolute Gasteiger partial charge is 0.464 e. The van der Waals surface area contributed by atoms with Gasteiger partial charge >= 0.3 is 11.9 Å². The monoisotopic (exact) mass is 921 g/mol. The summed E-state index contributed by atoms with van der Waals surface area (Å²) in [6.45, 7) is 8.30. The lowest BCUT2D eigenvalue weighted by atomic mass is 10.2. The molecule has 0 spiro atoms. The zero-order valence-electron chi connectivity index (χ0n) is 35.9. The van der Waals surface area contributed by atoms with Gasteiger partial charge in [0.25, 0.3) is 11.4 Å². The minimum atomic E-state index is -0.534. The number of nitrogens with zero attached hydrogens (tertiary/aromatic N) is 9. The lowest BCUT2D eigenvalue weighted by Crippen LogP contribution is -2.32. The van der Waals surface area contributed by atoms with Crippen LogP contribution in [0.3, 0.4) is 0 Å². The van der Waals surface area contributed by atoms with Crippen LogP contribution < -0.4 is 9.80 Å². The Morgan fingerprint density at radius 1 is 0.594 bits per heavy atom. The molecule has 0 aromatic heterocycles. The summed E-state index contributed by atoms with van der Waals surface area (Å²) in [5.74, 6) is -0.677. The lowest BCUT2D eigenvalue weighted by molar-refractivity contribution is -0.385. The van der Waals surface area contributed by atoms with Crippen LogP contribution in [0.2, 0.25) is 10.0 Å². The van der Waals surface area contributed by atoms with Gasteiger partial charge in [-0.2, -0.15) is 10.2 Å². The Kier molecular flexibility index (Phi) is 21.5. The van der Waals surface area contributed by atoms with E-state index in [1.807, 2.05) is 38.1 Å². The van der Waals surface area contributed by atoms with Crippen LogP contribution in [0.4, 0.5) is 45.5 Å². The molecule has 0 saturated heterocycles. The Hall–Kier alpha value is -6.08. The van der Waals surface area contributed by atoms with Crippen LogP contribution in [0.5, 0.6) is 0 Å². The first-order valence-electron chi connectivity index (χ1n) is 21.0. The number of anilines is 2. The number of rotatable bonds is 28. The van der Waals surface area contributed by atoms with Crippen molar-refractivity contribution in [3.05, 3.63) is 115 Å². The van der Waals surface area contributed by atoms with Gasteiger partial charge in [0, 0.05) is 68.4 Å². The number of esters is 2. The van der Waals surface area contributed by atoms with Crippen molar-refractivity contribution in [3.63, 3.8) is 0 Å². The molecule has 4 aromatic carbocycles. The summed E-state index contributed by atoms with van der Waals surface area (Å²) in [6, 6.07) is 22.6. The molecule has 64 heavy (non-hydrogen) atoms. The Morgan fingerprint density at radius 3 is 1.39 bits per heavy atom. The normalized spacial score (nSPS) is 11.3. The molecule has 0 heterocycles. The maximum Gasteiger partial charge on any atom is 0.307 e. The topological polar surface area (TPSA) is 218 Å². The zero-order chi connectivity index (χ0) is 46.3. The van der Waals surface area contributed by atoms with Gasteiger partial charge in [0.15, 0.2) is 0 Å². The number of ether oxygens (including phenoxy) is 2. The second kappa shape index (κ2) is 27.2. The summed E-state index contributed by atoms with van der Waals surface area (Å²) in [7, 11) is 0. The van der Waals surface area contributed by atoms with Crippen molar-refractivity contribution in [2.24, 2.45) is 20.5 Å². The van der Waals surface area contributed by atoms with Crippen molar-refractivity contribution < 1.29 is 34.0 Å². The summed E-state index contributed by atoms with van der Waals surface area (Å²) in [5.41, 5.74) is 3.27. The number of likely N-dealkylation sites (N-methyl/N-ethyl adjacent to an activating group) is 2. The Bertz CT molecular complexity index is 2050. The molecule has 20 heteroatoms. The van der Waals surface area contributed by atoms with E-state index in [2.05, 4.69) is 35.2 Å². The maximum absolute atomic E-state index is 12.8. The highest BCUT2D eigenvalue weighted by molar-refractivity contribution is 6.33. The quantitative estimate of drug-likeness (QED) is 0.0185. The smallest absolute Gasteiger partial charge is 0.307 e. The van der Waals surface area contributed by atoms with Crippen LogP contribution in [-0.2, 0) is 19.1 Å². The molecule has 0 bridgehead atoms. The van der Waals surface area contributed by atoms with Crippen LogP contribution >= 0.6 is 23.2 Å². The summed E-state index contributed by atoms with van der Waals surface area (Å²) in [6.07, 6.45) is 3.72. The Morgan fingerprint density at radius 2 is 1.02 bits per heavy atom. The molecule has 4 aromatic rings. The number of hydrogen-bond acceptors (Lipinski definition) is 16. The molecule has 0 radical (unpaired) electrons. The van der Waals surface area contributed by atoms with Crippen LogP contribution in [0, 0.1) is 20.2 Å². The summed E-state index contributed by atoms with van der Waals surface area (Å²) >= 11 is 12.2. The van der Waals surface area contributed by atoms with Crippen molar-refractivity contribution in [1.29, 1.82) is 0 Å². The van der Waals surface area contributed by atoms with Crippen molar-refractivity contribution in [1.82, 2.24) is 4.90 Å². The van der Waals surface area contributed by atoms with E-state index in [1.54, 1.807) is 24.3 Å². The Balaban J connectivity index is 1.19. The van der Waals surface area contributed by atoms with Gasteiger partial charge in [-0.15, -0.1) is 10.2 Å². The van der Waals surface area contributed by atoms with Crippen molar-refractivity contribution >= 4 is 80.6 Å². The molecule has 342 valence electrons. The number of nitro groups is 2. The third-order valence-corrected chi connectivity index (χ3v) is 10.5. The summed E-state index contributed by atoms with van der Waals surface area (Å²) < 4.78 is 11.2. The number of non-ortho nitro benzene ring substituents is 2. The Labute approximate surface area is 381 Å².